The van der Waals surface area contributed by atoms with Gasteiger partial charge in [0.1, 0.15) is 19.3 Å². The number of benzene rings is 2. The second kappa shape index (κ2) is 10.2. The first kappa shape index (κ1) is 21.1. The summed E-state index contributed by atoms with van der Waals surface area (Å²) in [6, 6.07) is 12.7. The summed E-state index contributed by atoms with van der Waals surface area (Å²) in [5.41, 5.74) is 1.74. The summed E-state index contributed by atoms with van der Waals surface area (Å²) in [6.45, 7) is 3.01. The molecule has 0 aliphatic carbocycles. The van der Waals surface area contributed by atoms with Crippen LogP contribution < -0.4 is 24.3 Å². The lowest BCUT2D eigenvalue weighted by atomic mass is 10.0. The maximum Gasteiger partial charge on any atom is 0.244 e. The van der Waals surface area contributed by atoms with Crippen molar-refractivity contribution >= 4 is 12.0 Å². The molecule has 1 heterocycles. The van der Waals surface area contributed by atoms with E-state index >= 15 is 0 Å². The largest absolute Gasteiger partial charge is 0.493 e. The molecular weight excluding hydrogens is 384 g/mol. The van der Waals surface area contributed by atoms with Crippen LogP contribution in [0.3, 0.4) is 0 Å². The number of nitrogens with one attached hydrogen (secondary N) is 1. The van der Waals surface area contributed by atoms with Crippen LogP contribution >= 0.6 is 0 Å². The average Bonchev–Trinajstić information content (AvgIpc) is 2.79. The van der Waals surface area contributed by atoms with Crippen LogP contribution in [0, 0.1) is 11.3 Å². The Balaban J connectivity index is 1.66. The fourth-order valence-electron chi connectivity index (χ4n) is 3.11. The Morgan fingerprint density at radius 2 is 2.00 bits per heavy atom. The van der Waals surface area contributed by atoms with Crippen LogP contribution in [0.25, 0.3) is 6.08 Å². The van der Waals surface area contributed by atoms with Crippen molar-refractivity contribution in [2.24, 2.45) is 0 Å². The summed E-state index contributed by atoms with van der Waals surface area (Å²) in [5.74, 6) is 2.19. The molecule has 1 amide bonds. The molecule has 156 valence electrons. The fraction of sp³-hybridized carbons (Fsp3) is 0.304. The van der Waals surface area contributed by atoms with Crippen molar-refractivity contribution in [2.75, 3.05) is 26.9 Å². The van der Waals surface area contributed by atoms with Crippen molar-refractivity contribution < 1.29 is 23.7 Å². The smallest absolute Gasteiger partial charge is 0.244 e. The third-order valence-corrected chi connectivity index (χ3v) is 4.60. The number of nitriles is 1. The summed E-state index contributed by atoms with van der Waals surface area (Å²) in [6.07, 6.45) is 3.91. The fourth-order valence-corrected chi connectivity index (χ4v) is 3.11. The number of rotatable bonds is 8. The Bertz CT molecular complexity index is 965. The zero-order valence-electron chi connectivity index (χ0n) is 17.0. The highest BCUT2D eigenvalue weighted by atomic mass is 16.6. The second-order valence-corrected chi connectivity index (χ2v) is 6.56. The Hall–Kier alpha value is -3.66. The number of nitrogens with zero attached hydrogens (tertiary/aromatic N) is 1. The van der Waals surface area contributed by atoms with Crippen molar-refractivity contribution in [1.29, 1.82) is 5.26 Å². The van der Waals surface area contributed by atoms with Crippen LogP contribution in [-0.4, -0.2) is 32.8 Å². The van der Waals surface area contributed by atoms with Crippen LogP contribution in [0.5, 0.6) is 23.0 Å². The number of methoxy groups -OCH3 is 1. The van der Waals surface area contributed by atoms with Crippen LogP contribution in [0.15, 0.2) is 42.5 Å². The molecule has 7 heteroatoms. The zero-order valence-corrected chi connectivity index (χ0v) is 17.0. The molecule has 1 aliphatic heterocycles. The second-order valence-electron chi connectivity index (χ2n) is 6.56. The highest BCUT2D eigenvalue weighted by molar-refractivity contribution is 5.92. The summed E-state index contributed by atoms with van der Waals surface area (Å²) in [5, 5.41) is 11.7. The SMILES string of the molecule is CCC(NC(=O)C=Cc1ccc(OCC#N)c(OC)c1)c1ccc2c(c1)OCCO2. The molecule has 7 nitrogen and oxygen atoms in total. The van der Waals surface area contributed by atoms with Crippen molar-refractivity contribution in [3.63, 3.8) is 0 Å². The van der Waals surface area contributed by atoms with E-state index in [2.05, 4.69) is 5.32 Å². The van der Waals surface area contributed by atoms with Gasteiger partial charge < -0.3 is 24.3 Å². The van der Waals surface area contributed by atoms with E-state index in [1.54, 1.807) is 24.3 Å². The summed E-state index contributed by atoms with van der Waals surface area (Å²) < 4.78 is 21.8. The normalized spacial score (nSPS) is 13.4. The zero-order chi connectivity index (χ0) is 21.3. The van der Waals surface area contributed by atoms with Gasteiger partial charge >= 0.3 is 0 Å². The summed E-state index contributed by atoms with van der Waals surface area (Å²) in [7, 11) is 1.52. The first-order valence-electron chi connectivity index (χ1n) is 9.70. The molecule has 1 unspecified atom stereocenters. The van der Waals surface area contributed by atoms with Gasteiger partial charge in [0, 0.05) is 6.08 Å². The van der Waals surface area contributed by atoms with Crippen LogP contribution in [0.4, 0.5) is 0 Å². The van der Waals surface area contributed by atoms with E-state index in [1.165, 1.54) is 13.2 Å². The van der Waals surface area contributed by atoms with Gasteiger partial charge in [0.15, 0.2) is 29.6 Å². The quantitative estimate of drug-likeness (QED) is 0.671. The topological polar surface area (TPSA) is 89.8 Å². The van der Waals surface area contributed by atoms with Gasteiger partial charge in [-0.1, -0.05) is 19.1 Å². The first-order chi connectivity index (χ1) is 14.6. The third-order valence-electron chi connectivity index (χ3n) is 4.60. The standard InChI is InChI=1S/C23H24N2O5/c1-3-18(17-6-8-20-22(15-17)30-13-12-29-20)25-23(26)9-5-16-4-7-19(28-11-10-24)21(14-16)27-2/h4-9,14-15,18H,3,11-13H2,1-2H3,(H,25,26). The lowest BCUT2D eigenvalue weighted by Gasteiger charge is -2.22. The van der Waals surface area contributed by atoms with Gasteiger partial charge in [0.25, 0.3) is 0 Å². The molecule has 1 atom stereocenters. The van der Waals surface area contributed by atoms with Gasteiger partial charge in [-0.15, -0.1) is 0 Å². The van der Waals surface area contributed by atoms with Crippen molar-refractivity contribution in [3.05, 3.63) is 53.6 Å². The van der Waals surface area contributed by atoms with E-state index in [1.807, 2.05) is 31.2 Å². The van der Waals surface area contributed by atoms with Gasteiger partial charge in [-0.05, 0) is 47.9 Å². The molecule has 1 aliphatic rings. The molecule has 30 heavy (non-hydrogen) atoms. The number of fused-ring (bicyclic) bond motifs is 1. The predicted octanol–water partition coefficient (Wildman–Crippen LogP) is 3.65. The molecule has 0 saturated heterocycles. The Kier molecular flexibility index (Phi) is 7.17. The van der Waals surface area contributed by atoms with Crippen molar-refractivity contribution in [3.8, 4) is 29.1 Å². The average molecular weight is 408 g/mol. The maximum absolute atomic E-state index is 12.5. The molecule has 1 N–H and O–H groups in total. The minimum absolute atomic E-state index is 0.0633. The molecule has 0 radical (unpaired) electrons. The third kappa shape index (κ3) is 5.23. The molecule has 3 rings (SSSR count). The van der Waals surface area contributed by atoms with Crippen molar-refractivity contribution in [2.45, 2.75) is 19.4 Å². The number of hydrogen-bond donors (Lipinski definition) is 1. The highest BCUT2D eigenvalue weighted by Crippen LogP contribution is 2.33. The van der Waals surface area contributed by atoms with E-state index in [-0.39, 0.29) is 18.6 Å². The molecule has 0 saturated carbocycles. The van der Waals surface area contributed by atoms with Gasteiger partial charge in [-0.2, -0.15) is 5.26 Å². The molecule has 0 bridgehead atoms. The Morgan fingerprint density at radius 3 is 2.73 bits per heavy atom. The first-order valence-corrected chi connectivity index (χ1v) is 9.70. The van der Waals surface area contributed by atoms with Gasteiger partial charge in [-0.3, -0.25) is 4.79 Å². The van der Waals surface area contributed by atoms with Gasteiger partial charge in [-0.25, -0.2) is 0 Å². The minimum atomic E-state index is -0.208. The Morgan fingerprint density at radius 1 is 1.20 bits per heavy atom. The molecule has 0 spiro atoms. The van der Waals surface area contributed by atoms with Gasteiger partial charge in [0.2, 0.25) is 5.91 Å². The Labute approximate surface area is 175 Å². The number of hydrogen-bond acceptors (Lipinski definition) is 6. The minimum Gasteiger partial charge on any atom is -0.493 e. The maximum atomic E-state index is 12.5. The number of ether oxygens (including phenoxy) is 4. The highest BCUT2D eigenvalue weighted by Gasteiger charge is 2.17. The lowest BCUT2D eigenvalue weighted by Crippen LogP contribution is -2.26. The van der Waals surface area contributed by atoms with Crippen molar-refractivity contribution in [1.82, 2.24) is 5.32 Å². The predicted molar refractivity (Wildman–Crippen MR) is 112 cm³/mol. The van der Waals surface area contributed by atoms with E-state index in [9.17, 15) is 4.79 Å². The number of amides is 1. The van der Waals surface area contributed by atoms with Gasteiger partial charge in [0.05, 0.1) is 13.2 Å². The lowest BCUT2D eigenvalue weighted by molar-refractivity contribution is -0.117. The molecule has 2 aromatic rings. The monoisotopic (exact) mass is 408 g/mol. The molecule has 0 fully saturated rings. The number of carbonyl (C=O) groups is 1. The molecular formula is C23H24N2O5. The summed E-state index contributed by atoms with van der Waals surface area (Å²) in [4.78, 5) is 12.5. The van der Waals surface area contributed by atoms with Crippen LogP contribution in [0.1, 0.15) is 30.5 Å². The summed E-state index contributed by atoms with van der Waals surface area (Å²) >= 11 is 0. The van der Waals surface area contributed by atoms with Crippen LogP contribution in [0.2, 0.25) is 0 Å². The molecule has 2 aromatic carbocycles. The van der Waals surface area contributed by atoms with E-state index < -0.39 is 0 Å². The van der Waals surface area contributed by atoms with E-state index in [0.29, 0.717) is 30.5 Å². The van der Waals surface area contributed by atoms with E-state index in [4.69, 9.17) is 24.2 Å². The number of carbonyl (C=O) groups excluding carboxylic acids is 1. The molecule has 0 aromatic heterocycles. The van der Waals surface area contributed by atoms with E-state index in [0.717, 1.165) is 23.3 Å². The van der Waals surface area contributed by atoms with Crippen LogP contribution in [-0.2, 0) is 4.79 Å².